The lowest BCUT2D eigenvalue weighted by Gasteiger charge is -2.27. The normalized spacial score (nSPS) is 19.3. The van der Waals surface area contributed by atoms with Crippen molar-refractivity contribution in [2.45, 2.75) is 25.2 Å². The zero-order chi connectivity index (χ0) is 10.9. The van der Waals surface area contributed by atoms with Gasteiger partial charge in [-0.2, -0.15) is 0 Å². The number of rotatable bonds is 3. The number of carbonyl (C=O) groups is 1. The summed E-state index contributed by atoms with van der Waals surface area (Å²) in [5, 5.41) is 0. The van der Waals surface area contributed by atoms with Gasteiger partial charge in [0.05, 0.1) is 12.5 Å². The van der Waals surface area contributed by atoms with Gasteiger partial charge in [-0.05, 0) is 31.2 Å². The molecular weight excluding hydrogens is 188 g/mol. The first-order valence-corrected chi connectivity index (χ1v) is 5.33. The molecule has 0 aliphatic heterocycles. The summed E-state index contributed by atoms with van der Waals surface area (Å²) in [6, 6.07) is 9.93. The quantitative estimate of drug-likeness (QED) is 0.707. The van der Waals surface area contributed by atoms with Gasteiger partial charge in [-0.15, -0.1) is 0 Å². The lowest BCUT2D eigenvalue weighted by molar-refractivity contribution is -0.147. The Kier molecular flexibility index (Phi) is 2.51. The maximum Gasteiger partial charge on any atom is 0.316 e. The van der Waals surface area contributed by atoms with Crippen molar-refractivity contribution in [3.63, 3.8) is 0 Å². The summed E-state index contributed by atoms with van der Waals surface area (Å²) in [5.74, 6) is 0.337. The van der Waals surface area contributed by atoms with E-state index in [4.69, 9.17) is 4.74 Å². The van der Waals surface area contributed by atoms with Crippen LogP contribution in [0.4, 0.5) is 0 Å². The Hall–Kier alpha value is -1.31. The molecule has 1 fully saturated rings. The van der Waals surface area contributed by atoms with Crippen molar-refractivity contribution >= 4 is 5.97 Å². The molecule has 15 heavy (non-hydrogen) atoms. The lowest BCUT2D eigenvalue weighted by Crippen LogP contribution is -2.35. The van der Waals surface area contributed by atoms with Crippen LogP contribution in [0.3, 0.4) is 0 Å². The third-order valence-corrected chi connectivity index (χ3v) is 3.38. The summed E-state index contributed by atoms with van der Waals surface area (Å²) in [7, 11) is 1.46. The number of ether oxygens (including phenoxy) is 1. The number of hydrogen-bond acceptors (Lipinski definition) is 2. The number of esters is 1. The van der Waals surface area contributed by atoms with Gasteiger partial charge in [-0.25, -0.2) is 0 Å². The van der Waals surface area contributed by atoms with Crippen LogP contribution in [0, 0.1) is 5.92 Å². The summed E-state index contributed by atoms with van der Waals surface area (Å²) >= 11 is 0. The highest BCUT2D eigenvalue weighted by atomic mass is 16.5. The first kappa shape index (κ1) is 10.2. The van der Waals surface area contributed by atoms with Crippen LogP contribution >= 0.6 is 0 Å². The Morgan fingerprint density at radius 3 is 2.40 bits per heavy atom. The van der Waals surface area contributed by atoms with E-state index in [1.807, 2.05) is 37.3 Å². The number of carbonyl (C=O) groups excluding carboxylic acids is 1. The van der Waals surface area contributed by atoms with Gasteiger partial charge < -0.3 is 4.74 Å². The maximum absolute atomic E-state index is 11.9. The van der Waals surface area contributed by atoms with Gasteiger partial charge in [-0.1, -0.05) is 30.3 Å². The average Bonchev–Trinajstić information content (AvgIpc) is 3.12. The van der Waals surface area contributed by atoms with Crippen molar-refractivity contribution in [3.8, 4) is 0 Å². The van der Waals surface area contributed by atoms with Crippen LogP contribution in [-0.2, 0) is 14.9 Å². The molecule has 0 saturated heterocycles. The first-order chi connectivity index (χ1) is 7.19. The molecule has 0 heterocycles. The van der Waals surface area contributed by atoms with Crippen molar-refractivity contribution < 1.29 is 9.53 Å². The molecule has 1 aromatic carbocycles. The fraction of sp³-hybridized carbons (Fsp3) is 0.462. The lowest BCUT2D eigenvalue weighted by atomic mass is 9.78. The molecule has 0 spiro atoms. The summed E-state index contributed by atoms with van der Waals surface area (Å²) in [4.78, 5) is 11.9. The van der Waals surface area contributed by atoms with Crippen LogP contribution in [0.15, 0.2) is 30.3 Å². The van der Waals surface area contributed by atoms with Crippen LogP contribution in [0.1, 0.15) is 25.3 Å². The fourth-order valence-corrected chi connectivity index (χ4v) is 2.18. The second-order valence-electron chi connectivity index (χ2n) is 4.33. The Labute approximate surface area is 90.3 Å². The molecule has 1 aliphatic carbocycles. The van der Waals surface area contributed by atoms with E-state index in [0.717, 1.165) is 18.4 Å². The molecular formula is C13H16O2. The van der Waals surface area contributed by atoms with Crippen LogP contribution < -0.4 is 0 Å². The predicted molar refractivity (Wildman–Crippen MR) is 58.5 cm³/mol. The minimum Gasteiger partial charge on any atom is -0.468 e. The van der Waals surface area contributed by atoms with Crippen molar-refractivity contribution in [2.24, 2.45) is 5.92 Å². The number of hydrogen-bond donors (Lipinski definition) is 0. The zero-order valence-electron chi connectivity index (χ0n) is 9.19. The highest BCUT2D eigenvalue weighted by Gasteiger charge is 2.49. The van der Waals surface area contributed by atoms with Gasteiger partial charge in [0.1, 0.15) is 0 Å². The van der Waals surface area contributed by atoms with Crippen LogP contribution in [0.25, 0.3) is 0 Å². The van der Waals surface area contributed by atoms with Gasteiger partial charge in [0.2, 0.25) is 0 Å². The third kappa shape index (κ3) is 1.65. The van der Waals surface area contributed by atoms with Crippen molar-refractivity contribution in [2.75, 3.05) is 7.11 Å². The SMILES string of the molecule is COC(=O)C(C)(c1ccccc1)C1CC1. The van der Waals surface area contributed by atoms with Gasteiger partial charge >= 0.3 is 5.97 Å². The van der Waals surface area contributed by atoms with E-state index in [9.17, 15) is 4.79 Å². The topological polar surface area (TPSA) is 26.3 Å². The molecule has 0 radical (unpaired) electrons. The number of benzene rings is 1. The molecule has 2 rings (SSSR count). The van der Waals surface area contributed by atoms with E-state index in [1.165, 1.54) is 7.11 Å². The molecule has 1 atom stereocenters. The molecule has 0 amide bonds. The van der Waals surface area contributed by atoms with E-state index in [2.05, 4.69) is 0 Å². The molecule has 1 unspecified atom stereocenters. The maximum atomic E-state index is 11.9. The van der Waals surface area contributed by atoms with Crippen LogP contribution in [0.2, 0.25) is 0 Å². The monoisotopic (exact) mass is 204 g/mol. The van der Waals surface area contributed by atoms with E-state index in [-0.39, 0.29) is 5.97 Å². The molecule has 0 N–H and O–H groups in total. The zero-order valence-corrected chi connectivity index (χ0v) is 9.19. The van der Waals surface area contributed by atoms with Crippen molar-refractivity contribution in [1.82, 2.24) is 0 Å². The molecule has 2 heteroatoms. The van der Waals surface area contributed by atoms with Gasteiger partial charge in [0.25, 0.3) is 0 Å². The Morgan fingerprint density at radius 2 is 1.93 bits per heavy atom. The van der Waals surface area contributed by atoms with Crippen molar-refractivity contribution in [3.05, 3.63) is 35.9 Å². The standard InChI is InChI=1S/C13H16O2/c1-13(11-8-9-11,12(14)15-2)10-6-4-3-5-7-10/h3-7,11H,8-9H2,1-2H3. The third-order valence-electron chi connectivity index (χ3n) is 3.38. The van der Waals surface area contributed by atoms with Gasteiger partial charge in [0.15, 0.2) is 0 Å². The summed E-state index contributed by atoms with van der Waals surface area (Å²) in [6.07, 6.45) is 2.25. The smallest absolute Gasteiger partial charge is 0.316 e. The highest BCUT2D eigenvalue weighted by molar-refractivity contribution is 5.83. The van der Waals surface area contributed by atoms with Crippen LogP contribution in [-0.4, -0.2) is 13.1 Å². The first-order valence-electron chi connectivity index (χ1n) is 5.33. The highest BCUT2D eigenvalue weighted by Crippen LogP contribution is 2.47. The molecule has 1 saturated carbocycles. The molecule has 2 nitrogen and oxygen atoms in total. The molecule has 0 bridgehead atoms. The number of methoxy groups -OCH3 is 1. The van der Waals surface area contributed by atoms with Crippen LogP contribution in [0.5, 0.6) is 0 Å². The Balaban J connectivity index is 2.38. The molecule has 80 valence electrons. The second kappa shape index (κ2) is 3.69. The van der Waals surface area contributed by atoms with E-state index < -0.39 is 5.41 Å². The molecule has 1 aromatic rings. The summed E-state index contributed by atoms with van der Waals surface area (Å²) < 4.78 is 4.93. The van der Waals surface area contributed by atoms with E-state index in [0.29, 0.717) is 5.92 Å². The fourth-order valence-electron chi connectivity index (χ4n) is 2.18. The minimum atomic E-state index is -0.448. The van der Waals surface area contributed by atoms with Gasteiger partial charge in [-0.3, -0.25) is 4.79 Å². The minimum absolute atomic E-state index is 0.115. The Morgan fingerprint density at radius 1 is 1.33 bits per heavy atom. The Bertz CT molecular complexity index is 354. The largest absolute Gasteiger partial charge is 0.468 e. The van der Waals surface area contributed by atoms with Gasteiger partial charge in [0, 0.05) is 0 Å². The van der Waals surface area contributed by atoms with E-state index in [1.54, 1.807) is 0 Å². The second-order valence-corrected chi connectivity index (χ2v) is 4.33. The molecule has 0 aromatic heterocycles. The summed E-state index contributed by atoms with van der Waals surface area (Å²) in [6.45, 7) is 1.99. The average molecular weight is 204 g/mol. The summed E-state index contributed by atoms with van der Waals surface area (Å²) in [5.41, 5.74) is 0.620. The predicted octanol–water partition coefficient (Wildman–Crippen LogP) is 2.53. The van der Waals surface area contributed by atoms with E-state index >= 15 is 0 Å². The van der Waals surface area contributed by atoms with Crippen molar-refractivity contribution in [1.29, 1.82) is 0 Å². The molecule has 1 aliphatic rings.